The lowest BCUT2D eigenvalue weighted by atomic mass is 10.0. The van der Waals surface area contributed by atoms with Crippen molar-refractivity contribution < 1.29 is 4.79 Å². The predicted octanol–water partition coefficient (Wildman–Crippen LogP) is 2.95. The van der Waals surface area contributed by atoms with Crippen molar-refractivity contribution in [1.82, 2.24) is 4.90 Å². The van der Waals surface area contributed by atoms with E-state index in [9.17, 15) is 4.79 Å². The second kappa shape index (κ2) is 5.45. The fraction of sp³-hybridized carbons (Fsp3) is 0.533. The molecule has 2 aliphatic rings. The number of rotatable bonds is 1. The molecule has 0 aromatic heterocycles. The third-order valence-electron chi connectivity index (χ3n) is 3.72. The van der Waals surface area contributed by atoms with Crippen LogP contribution in [0.25, 0.3) is 0 Å². The van der Waals surface area contributed by atoms with Gasteiger partial charge in [-0.3, -0.25) is 0 Å². The van der Waals surface area contributed by atoms with Gasteiger partial charge in [0.15, 0.2) is 0 Å². The molecule has 1 heterocycles. The van der Waals surface area contributed by atoms with Gasteiger partial charge in [-0.15, -0.1) is 12.6 Å². The number of hydrogen-bond acceptors (Lipinski definition) is 3. The average Bonchev–Trinajstić information content (AvgIpc) is 3.10. The monoisotopic (exact) mass is 263 g/mol. The Morgan fingerprint density at radius 3 is 2.61 bits per heavy atom. The first-order chi connectivity index (χ1) is 8.52. The Hall–Kier alpha value is -0.800. The van der Waals surface area contributed by atoms with E-state index < -0.39 is 0 Å². The smallest absolute Gasteiger partial charge is 0.125 e. The topological polar surface area (TPSA) is 20.3 Å². The first-order valence-corrected chi connectivity index (χ1v) is 6.93. The van der Waals surface area contributed by atoms with E-state index >= 15 is 0 Å². The minimum absolute atomic E-state index is 0.111. The first-order valence-electron chi connectivity index (χ1n) is 6.48. The Labute approximate surface area is 115 Å². The van der Waals surface area contributed by atoms with Gasteiger partial charge in [0.25, 0.3) is 0 Å². The van der Waals surface area contributed by atoms with Gasteiger partial charge < -0.3 is 9.69 Å². The van der Waals surface area contributed by atoms with Crippen LogP contribution in [-0.4, -0.2) is 24.8 Å². The van der Waals surface area contributed by atoms with Crippen molar-refractivity contribution in [1.29, 1.82) is 0 Å². The quantitative estimate of drug-likeness (QED) is 0.621. The molecule has 1 aliphatic carbocycles. The molecule has 3 heteroatoms. The average molecular weight is 263 g/mol. The van der Waals surface area contributed by atoms with E-state index in [1.165, 1.54) is 24.1 Å². The van der Waals surface area contributed by atoms with Crippen LogP contribution in [0.4, 0.5) is 0 Å². The number of fused-ring (bicyclic) bond motifs is 1. The maximum absolute atomic E-state index is 9.89. The van der Waals surface area contributed by atoms with Crippen molar-refractivity contribution in [3.63, 3.8) is 0 Å². The van der Waals surface area contributed by atoms with Gasteiger partial charge in [-0.25, -0.2) is 0 Å². The summed E-state index contributed by atoms with van der Waals surface area (Å²) in [7, 11) is 2.16. The summed E-state index contributed by atoms with van der Waals surface area (Å²) in [6, 6.07) is 6.44. The van der Waals surface area contributed by atoms with E-state index in [0.717, 1.165) is 30.6 Å². The van der Waals surface area contributed by atoms with Crippen LogP contribution in [0.2, 0.25) is 0 Å². The van der Waals surface area contributed by atoms with Crippen molar-refractivity contribution in [2.24, 2.45) is 5.41 Å². The van der Waals surface area contributed by atoms with Crippen molar-refractivity contribution in [3.8, 4) is 0 Å². The Morgan fingerprint density at radius 2 is 2.06 bits per heavy atom. The molecule has 0 saturated heterocycles. The van der Waals surface area contributed by atoms with Crippen LogP contribution in [0.15, 0.2) is 23.1 Å². The highest BCUT2D eigenvalue weighted by Crippen LogP contribution is 2.42. The maximum atomic E-state index is 9.89. The fourth-order valence-corrected chi connectivity index (χ4v) is 2.23. The number of benzene rings is 1. The van der Waals surface area contributed by atoms with Gasteiger partial charge in [-0.05, 0) is 49.6 Å². The van der Waals surface area contributed by atoms with Crippen molar-refractivity contribution >= 4 is 18.9 Å². The van der Waals surface area contributed by atoms with E-state index in [0.29, 0.717) is 0 Å². The van der Waals surface area contributed by atoms with E-state index in [4.69, 9.17) is 0 Å². The van der Waals surface area contributed by atoms with E-state index in [1.54, 1.807) is 0 Å². The molecule has 0 radical (unpaired) electrons. The summed E-state index contributed by atoms with van der Waals surface area (Å²) in [5.74, 6) is 0. The number of hydrogen-bond donors (Lipinski definition) is 1. The van der Waals surface area contributed by atoms with E-state index in [1.807, 2.05) is 6.92 Å². The molecular weight excluding hydrogens is 242 g/mol. The summed E-state index contributed by atoms with van der Waals surface area (Å²) in [4.78, 5) is 13.3. The SMILES string of the molecule is CC1(C=O)CC1.CN1CCc2cc(S)ccc2C1. The number of likely N-dealkylation sites (N-methyl/N-ethyl adjacent to an activating group) is 1. The fourth-order valence-electron chi connectivity index (χ4n) is 2.00. The Kier molecular flexibility index (Phi) is 4.13. The molecule has 1 fully saturated rings. The zero-order valence-electron chi connectivity index (χ0n) is 11.1. The van der Waals surface area contributed by atoms with Crippen LogP contribution in [-0.2, 0) is 17.8 Å². The summed E-state index contributed by atoms with van der Waals surface area (Å²) in [6.45, 7) is 4.24. The molecule has 0 bridgehead atoms. The third kappa shape index (κ3) is 3.59. The Balaban J connectivity index is 0.000000169. The standard InChI is InChI=1S/C10H13NS.C5H8O/c1-11-5-4-8-6-10(12)3-2-9(8)7-11;1-5(4-6)2-3-5/h2-3,6,12H,4-5,7H2,1H3;4H,2-3H2,1H3. The van der Waals surface area contributed by atoms with Gasteiger partial charge >= 0.3 is 0 Å². The minimum Gasteiger partial charge on any atom is -0.303 e. The number of carbonyl (C=O) groups excluding carboxylic acids is 1. The highest BCUT2D eigenvalue weighted by atomic mass is 32.1. The van der Waals surface area contributed by atoms with Gasteiger partial charge in [0.1, 0.15) is 6.29 Å². The second-order valence-electron chi connectivity index (χ2n) is 5.71. The molecule has 98 valence electrons. The summed E-state index contributed by atoms with van der Waals surface area (Å²) in [5, 5.41) is 0. The second-order valence-corrected chi connectivity index (χ2v) is 6.23. The number of carbonyl (C=O) groups is 1. The molecule has 3 rings (SSSR count). The molecule has 1 aliphatic heterocycles. The molecule has 2 nitrogen and oxygen atoms in total. The molecule has 0 unspecified atom stereocenters. The zero-order valence-corrected chi connectivity index (χ0v) is 12.0. The molecular formula is C15H21NOS. The summed E-state index contributed by atoms with van der Waals surface area (Å²) >= 11 is 4.33. The first kappa shape index (κ1) is 13.6. The predicted molar refractivity (Wildman–Crippen MR) is 77.1 cm³/mol. The van der Waals surface area contributed by atoms with Crippen LogP contribution in [0.1, 0.15) is 30.9 Å². The normalized spacial score (nSPS) is 20.4. The van der Waals surface area contributed by atoms with Crippen molar-refractivity contribution in [3.05, 3.63) is 29.3 Å². The van der Waals surface area contributed by atoms with Gasteiger partial charge in [-0.1, -0.05) is 13.0 Å². The molecule has 1 aromatic rings. The molecule has 0 amide bonds. The zero-order chi connectivity index (χ0) is 13.2. The highest BCUT2D eigenvalue weighted by molar-refractivity contribution is 7.80. The number of thiol groups is 1. The van der Waals surface area contributed by atoms with E-state index in [2.05, 4.69) is 42.8 Å². The molecule has 1 saturated carbocycles. The van der Waals surface area contributed by atoms with Gasteiger partial charge in [0, 0.05) is 23.4 Å². The lowest BCUT2D eigenvalue weighted by Gasteiger charge is -2.24. The van der Waals surface area contributed by atoms with Crippen LogP contribution < -0.4 is 0 Å². The Morgan fingerprint density at radius 1 is 1.33 bits per heavy atom. The molecule has 1 aromatic carbocycles. The van der Waals surface area contributed by atoms with Gasteiger partial charge in [0.2, 0.25) is 0 Å². The largest absolute Gasteiger partial charge is 0.303 e. The van der Waals surface area contributed by atoms with E-state index in [-0.39, 0.29) is 5.41 Å². The molecule has 18 heavy (non-hydrogen) atoms. The number of nitrogens with zero attached hydrogens (tertiary/aromatic N) is 1. The summed E-state index contributed by atoms with van der Waals surface area (Å²) in [6.07, 6.45) is 4.43. The molecule has 0 N–H and O–H groups in total. The van der Waals surface area contributed by atoms with Crippen molar-refractivity contribution in [2.45, 2.75) is 37.6 Å². The van der Waals surface area contributed by atoms with Gasteiger partial charge in [-0.2, -0.15) is 0 Å². The lowest BCUT2D eigenvalue weighted by molar-refractivity contribution is -0.111. The molecule has 0 atom stereocenters. The van der Waals surface area contributed by atoms with Crippen LogP contribution in [0.3, 0.4) is 0 Å². The summed E-state index contributed by atoms with van der Waals surface area (Å²) < 4.78 is 0. The highest BCUT2D eigenvalue weighted by Gasteiger charge is 2.36. The Bertz CT molecular complexity index is 440. The summed E-state index contributed by atoms with van der Waals surface area (Å²) in [5.41, 5.74) is 3.04. The van der Waals surface area contributed by atoms with Crippen LogP contribution >= 0.6 is 12.6 Å². The number of aldehydes is 1. The third-order valence-corrected chi connectivity index (χ3v) is 3.99. The van der Waals surface area contributed by atoms with Crippen molar-refractivity contribution in [2.75, 3.05) is 13.6 Å². The van der Waals surface area contributed by atoms with Crippen LogP contribution in [0.5, 0.6) is 0 Å². The minimum atomic E-state index is 0.111. The lowest BCUT2D eigenvalue weighted by Crippen LogP contribution is -2.26. The van der Waals surface area contributed by atoms with Gasteiger partial charge in [0.05, 0.1) is 0 Å². The van der Waals surface area contributed by atoms with Crippen LogP contribution in [0, 0.1) is 5.41 Å². The maximum Gasteiger partial charge on any atom is 0.125 e. The molecule has 0 spiro atoms.